The molecule has 0 atom stereocenters. The summed E-state index contributed by atoms with van der Waals surface area (Å²) >= 11 is 0. The lowest BCUT2D eigenvalue weighted by atomic mass is 9.82. The van der Waals surface area contributed by atoms with Crippen LogP contribution in [0, 0.1) is 0 Å². The number of hydrogen-bond donors (Lipinski definition) is 0. The molecule has 220 valence electrons. The molecule has 0 aliphatic heterocycles. The second-order valence-electron chi connectivity index (χ2n) is 12.5. The van der Waals surface area contributed by atoms with E-state index in [1.54, 1.807) is 0 Å². The van der Waals surface area contributed by atoms with Crippen molar-refractivity contribution in [2.75, 3.05) is 0 Å². The predicted octanol–water partition coefficient (Wildman–Crippen LogP) is 11.4. The van der Waals surface area contributed by atoms with Crippen molar-refractivity contribution in [1.82, 2.24) is 14.5 Å². The first-order valence-electron chi connectivity index (χ1n) is 16.4. The number of aromatic nitrogens is 3. The van der Waals surface area contributed by atoms with E-state index in [0.29, 0.717) is 5.92 Å². The van der Waals surface area contributed by atoms with Crippen LogP contribution in [0.15, 0.2) is 146 Å². The van der Waals surface area contributed by atoms with Crippen molar-refractivity contribution in [3.05, 3.63) is 151 Å². The summed E-state index contributed by atoms with van der Waals surface area (Å²) in [6.45, 7) is 0. The molecule has 0 saturated heterocycles. The van der Waals surface area contributed by atoms with Crippen LogP contribution < -0.4 is 0 Å². The summed E-state index contributed by atoms with van der Waals surface area (Å²) in [5.41, 5.74) is 9.50. The zero-order valence-electron chi connectivity index (χ0n) is 25.6. The molecular weight excluding hydrogens is 558 g/mol. The van der Waals surface area contributed by atoms with E-state index < -0.39 is 0 Å². The lowest BCUT2D eigenvalue weighted by Crippen LogP contribution is -2.01. The van der Waals surface area contributed by atoms with Gasteiger partial charge >= 0.3 is 0 Å². The van der Waals surface area contributed by atoms with Gasteiger partial charge < -0.3 is 0 Å². The maximum absolute atomic E-state index is 5.14. The number of nitrogens with zero attached hydrogens (tertiary/aromatic N) is 3. The van der Waals surface area contributed by atoms with Crippen LogP contribution in [0.2, 0.25) is 0 Å². The first-order chi connectivity index (χ1) is 22.8. The van der Waals surface area contributed by atoms with Gasteiger partial charge in [-0.05, 0) is 92.9 Å². The highest BCUT2D eigenvalue weighted by molar-refractivity contribution is 6.16. The van der Waals surface area contributed by atoms with Gasteiger partial charge in [0.05, 0.1) is 11.0 Å². The van der Waals surface area contributed by atoms with Gasteiger partial charge in [-0.15, -0.1) is 0 Å². The molecule has 1 aliphatic rings. The first-order valence-corrected chi connectivity index (χ1v) is 16.4. The summed E-state index contributed by atoms with van der Waals surface area (Å²) in [7, 11) is 0. The van der Waals surface area contributed by atoms with E-state index >= 15 is 0 Å². The molecule has 0 amide bonds. The smallest absolute Gasteiger partial charge is 0.146 e. The van der Waals surface area contributed by atoms with Crippen molar-refractivity contribution in [3.63, 3.8) is 0 Å². The number of pyridine rings is 1. The summed E-state index contributed by atoms with van der Waals surface area (Å²) < 4.78 is 2.18. The Morgan fingerprint density at radius 2 is 1.17 bits per heavy atom. The van der Waals surface area contributed by atoms with Gasteiger partial charge in [0.15, 0.2) is 0 Å². The van der Waals surface area contributed by atoms with Crippen LogP contribution >= 0.6 is 0 Å². The highest BCUT2D eigenvalue weighted by atomic mass is 15.1. The van der Waals surface area contributed by atoms with E-state index in [1.807, 2.05) is 12.1 Å². The minimum Gasteiger partial charge on any atom is -0.276 e. The Labute approximate surface area is 268 Å². The standard InChI is InChI=1S/C43H33N3/c1-3-13-29(14-4-1)32-23-25-36-37(27-32)41(30-15-7-8-16-30)34-19-9-10-20-35(34)42(36)33-24-26-40(44-28-33)46-39-22-12-11-21-38(39)45-43(46)31-17-5-2-6-18-31/h1-6,9-14,17-28,30H,7-8,15-16H2. The van der Waals surface area contributed by atoms with Gasteiger partial charge in [-0.1, -0.05) is 122 Å². The Kier molecular flexibility index (Phi) is 6.48. The molecule has 1 saturated carbocycles. The second-order valence-corrected chi connectivity index (χ2v) is 12.5. The normalized spacial score (nSPS) is 13.7. The second kappa shape index (κ2) is 11.1. The molecule has 6 aromatic carbocycles. The molecule has 0 bridgehead atoms. The molecule has 0 radical (unpaired) electrons. The van der Waals surface area contributed by atoms with Gasteiger partial charge in [0.2, 0.25) is 0 Å². The van der Waals surface area contributed by atoms with Crippen LogP contribution in [0.5, 0.6) is 0 Å². The van der Waals surface area contributed by atoms with Crippen molar-refractivity contribution in [2.24, 2.45) is 0 Å². The van der Waals surface area contributed by atoms with E-state index in [2.05, 4.69) is 138 Å². The fraction of sp³-hybridized carbons (Fsp3) is 0.116. The number of imidazole rings is 1. The molecular formula is C43H33N3. The van der Waals surface area contributed by atoms with Crippen LogP contribution in [0.1, 0.15) is 37.2 Å². The number of rotatable bonds is 5. The van der Waals surface area contributed by atoms with Crippen molar-refractivity contribution < 1.29 is 0 Å². The minimum atomic E-state index is 0.582. The minimum absolute atomic E-state index is 0.582. The summed E-state index contributed by atoms with van der Waals surface area (Å²) in [4.78, 5) is 10.2. The molecule has 1 aliphatic carbocycles. The highest BCUT2D eigenvalue weighted by Crippen LogP contribution is 2.47. The zero-order chi connectivity index (χ0) is 30.5. The number of para-hydroxylation sites is 2. The summed E-state index contributed by atoms with van der Waals surface area (Å²) in [5, 5.41) is 5.35. The third kappa shape index (κ3) is 4.42. The average Bonchev–Trinajstić information content (AvgIpc) is 3.80. The summed E-state index contributed by atoms with van der Waals surface area (Å²) in [6, 6.07) is 50.0. The lowest BCUT2D eigenvalue weighted by Gasteiger charge is -2.22. The van der Waals surface area contributed by atoms with E-state index in [0.717, 1.165) is 33.8 Å². The van der Waals surface area contributed by atoms with Crippen LogP contribution in [0.3, 0.4) is 0 Å². The molecule has 0 N–H and O–H groups in total. The Morgan fingerprint density at radius 1 is 0.522 bits per heavy atom. The molecule has 3 nitrogen and oxygen atoms in total. The van der Waals surface area contributed by atoms with Crippen molar-refractivity contribution >= 4 is 32.6 Å². The van der Waals surface area contributed by atoms with E-state index in [-0.39, 0.29) is 0 Å². The predicted molar refractivity (Wildman–Crippen MR) is 191 cm³/mol. The third-order valence-electron chi connectivity index (χ3n) is 9.79. The highest BCUT2D eigenvalue weighted by Gasteiger charge is 2.25. The zero-order valence-corrected chi connectivity index (χ0v) is 25.6. The van der Waals surface area contributed by atoms with Crippen molar-refractivity contribution in [2.45, 2.75) is 31.6 Å². The van der Waals surface area contributed by atoms with Gasteiger partial charge in [0.1, 0.15) is 11.6 Å². The summed E-state index contributed by atoms with van der Waals surface area (Å²) in [5.74, 6) is 2.34. The largest absolute Gasteiger partial charge is 0.276 e. The first kappa shape index (κ1) is 26.8. The molecule has 46 heavy (non-hydrogen) atoms. The van der Waals surface area contributed by atoms with E-state index in [1.165, 1.54) is 69.5 Å². The van der Waals surface area contributed by atoms with Crippen LogP contribution in [-0.2, 0) is 0 Å². The van der Waals surface area contributed by atoms with Gasteiger partial charge in [-0.3, -0.25) is 4.57 Å². The Hall–Kier alpha value is -5.54. The number of fused-ring (bicyclic) bond motifs is 3. The molecule has 9 rings (SSSR count). The topological polar surface area (TPSA) is 30.7 Å². The average molecular weight is 592 g/mol. The molecule has 2 heterocycles. The van der Waals surface area contributed by atoms with Crippen LogP contribution in [0.4, 0.5) is 0 Å². The van der Waals surface area contributed by atoms with Gasteiger partial charge in [0.25, 0.3) is 0 Å². The Morgan fingerprint density at radius 3 is 1.93 bits per heavy atom. The number of benzene rings is 6. The van der Waals surface area contributed by atoms with E-state index in [9.17, 15) is 0 Å². The van der Waals surface area contributed by atoms with Gasteiger partial charge in [-0.25, -0.2) is 9.97 Å². The van der Waals surface area contributed by atoms with Gasteiger partial charge in [0, 0.05) is 17.3 Å². The van der Waals surface area contributed by atoms with Crippen LogP contribution in [-0.4, -0.2) is 14.5 Å². The Bertz CT molecular complexity index is 2350. The quantitative estimate of drug-likeness (QED) is 0.186. The maximum atomic E-state index is 5.14. The van der Waals surface area contributed by atoms with Crippen molar-refractivity contribution in [1.29, 1.82) is 0 Å². The molecule has 2 aromatic heterocycles. The van der Waals surface area contributed by atoms with E-state index in [4.69, 9.17) is 9.97 Å². The molecule has 0 spiro atoms. The molecule has 0 unspecified atom stereocenters. The number of hydrogen-bond acceptors (Lipinski definition) is 2. The summed E-state index contributed by atoms with van der Waals surface area (Å²) in [6.07, 6.45) is 7.18. The van der Waals surface area contributed by atoms with Gasteiger partial charge in [-0.2, -0.15) is 0 Å². The third-order valence-corrected chi connectivity index (χ3v) is 9.79. The monoisotopic (exact) mass is 591 g/mol. The SMILES string of the molecule is c1ccc(-c2ccc3c(-c4ccc(-n5c(-c6ccccc6)nc6ccccc65)nc4)c4ccccc4c(C4CCCC4)c3c2)cc1. The van der Waals surface area contributed by atoms with Crippen molar-refractivity contribution in [3.8, 4) is 39.5 Å². The maximum Gasteiger partial charge on any atom is 0.146 e. The molecule has 1 fully saturated rings. The fourth-order valence-corrected chi connectivity index (χ4v) is 7.69. The molecule has 8 aromatic rings. The molecule has 3 heteroatoms. The Balaban J connectivity index is 1.26. The lowest BCUT2D eigenvalue weighted by molar-refractivity contribution is 0.735. The fourth-order valence-electron chi connectivity index (χ4n) is 7.69. The van der Waals surface area contributed by atoms with Crippen LogP contribution in [0.25, 0.3) is 72.0 Å².